The lowest BCUT2D eigenvalue weighted by molar-refractivity contribution is -0.117. The predicted molar refractivity (Wildman–Crippen MR) is 89.9 cm³/mol. The first-order valence-corrected chi connectivity index (χ1v) is 8.29. The largest absolute Gasteiger partial charge is 0.327 e. The number of fused-ring (bicyclic) bond motifs is 1. The second-order valence-corrected chi connectivity index (χ2v) is 7.18. The molecule has 4 heteroatoms. The van der Waals surface area contributed by atoms with Crippen LogP contribution in [0.3, 0.4) is 0 Å². The molecule has 0 bridgehead atoms. The van der Waals surface area contributed by atoms with Crippen molar-refractivity contribution in [3.63, 3.8) is 0 Å². The second kappa shape index (κ2) is 6.01. The summed E-state index contributed by atoms with van der Waals surface area (Å²) in [5.74, 6) is 1.38. The van der Waals surface area contributed by atoms with Crippen LogP contribution in [0.25, 0.3) is 0 Å². The molecule has 3 N–H and O–H groups in total. The van der Waals surface area contributed by atoms with Crippen molar-refractivity contribution in [2.24, 2.45) is 17.6 Å². The molecule has 1 aromatic rings. The monoisotopic (exact) mass is 301 g/mol. The summed E-state index contributed by atoms with van der Waals surface area (Å²) in [6.07, 6.45) is 2.37. The van der Waals surface area contributed by atoms with E-state index in [2.05, 4.69) is 43.1 Å². The molecule has 1 aromatic carbocycles. The van der Waals surface area contributed by atoms with Crippen molar-refractivity contribution in [3.8, 4) is 0 Å². The number of rotatable bonds is 3. The van der Waals surface area contributed by atoms with Crippen LogP contribution in [-0.2, 0) is 4.79 Å². The standard InChI is InChI=1S/C18H27N3O/c1-11-6-12(2)18(13(3)7-11)20-17(22)10-21-8-14-4-5-16(19)15(14)9-21/h6-7,14-16H,4-5,8-10,19H2,1-3H3,(H,20,22). The van der Waals surface area contributed by atoms with Crippen LogP contribution in [0.1, 0.15) is 29.5 Å². The third kappa shape index (κ3) is 3.03. The molecule has 1 heterocycles. The molecular formula is C18H27N3O. The number of carbonyl (C=O) groups is 1. The number of amides is 1. The van der Waals surface area contributed by atoms with E-state index in [4.69, 9.17) is 5.73 Å². The average Bonchev–Trinajstić information content (AvgIpc) is 2.96. The van der Waals surface area contributed by atoms with E-state index in [-0.39, 0.29) is 5.91 Å². The molecule has 1 aliphatic carbocycles. The van der Waals surface area contributed by atoms with Gasteiger partial charge < -0.3 is 11.1 Å². The number of hydrogen-bond acceptors (Lipinski definition) is 3. The SMILES string of the molecule is Cc1cc(C)c(NC(=O)CN2CC3CCC(N)C3C2)c(C)c1. The minimum atomic E-state index is 0.0867. The van der Waals surface area contributed by atoms with Crippen molar-refractivity contribution < 1.29 is 4.79 Å². The summed E-state index contributed by atoms with van der Waals surface area (Å²) in [5.41, 5.74) is 10.6. The highest BCUT2D eigenvalue weighted by Crippen LogP contribution is 2.36. The fourth-order valence-electron chi connectivity index (χ4n) is 4.29. The highest BCUT2D eigenvalue weighted by molar-refractivity contribution is 5.93. The molecule has 4 nitrogen and oxygen atoms in total. The predicted octanol–water partition coefficient (Wildman–Crippen LogP) is 2.22. The Kier molecular flexibility index (Phi) is 4.24. The van der Waals surface area contributed by atoms with Crippen molar-refractivity contribution >= 4 is 11.6 Å². The van der Waals surface area contributed by atoms with E-state index in [0.717, 1.165) is 36.3 Å². The Morgan fingerprint density at radius 3 is 2.55 bits per heavy atom. The minimum absolute atomic E-state index is 0.0867. The first kappa shape index (κ1) is 15.5. The van der Waals surface area contributed by atoms with Crippen LogP contribution in [-0.4, -0.2) is 36.5 Å². The van der Waals surface area contributed by atoms with Crippen molar-refractivity contribution in [1.29, 1.82) is 0 Å². The van der Waals surface area contributed by atoms with Gasteiger partial charge in [-0.1, -0.05) is 17.7 Å². The molecule has 3 atom stereocenters. The number of likely N-dealkylation sites (tertiary alicyclic amines) is 1. The molecule has 22 heavy (non-hydrogen) atoms. The molecule has 1 saturated carbocycles. The lowest BCUT2D eigenvalue weighted by Crippen LogP contribution is -2.35. The topological polar surface area (TPSA) is 58.4 Å². The molecule has 3 rings (SSSR count). The summed E-state index contributed by atoms with van der Waals surface area (Å²) < 4.78 is 0. The maximum absolute atomic E-state index is 12.4. The Labute approximate surface area is 133 Å². The van der Waals surface area contributed by atoms with Gasteiger partial charge in [0.1, 0.15) is 0 Å². The molecule has 0 aromatic heterocycles. The number of anilines is 1. The van der Waals surface area contributed by atoms with Gasteiger partial charge >= 0.3 is 0 Å². The lowest BCUT2D eigenvalue weighted by Gasteiger charge is -2.19. The number of nitrogens with one attached hydrogen (secondary N) is 1. The van der Waals surface area contributed by atoms with E-state index >= 15 is 0 Å². The van der Waals surface area contributed by atoms with Crippen LogP contribution in [0, 0.1) is 32.6 Å². The van der Waals surface area contributed by atoms with Gasteiger partial charge in [0.15, 0.2) is 0 Å². The van der Waals surface area contributed by atoms with Gasteiger partial charge in [-0.05, 0) is 56.6 Å². The number of carbonyl (C=O) groups excluding carboxylic acids is 1. The Hall–Kier alpha value is -1.39. The molecule has 120 valence electrons. The maximum Gasteiger partial charge on any atom is 0.238 e. The summed E-state index contributed by atoms with van der Waals surface area (Å²) in [7, 11) is 0. The number of nitrogens with zero attached hydrogens (tertiary/aromatic N) is 1. The molecule has 1 saturated heterocycles. The van der Waals surface area contributed by atoms with Crippen LogP contribution in [0.15, 0.2) is 12.1 Å². The van der Waals surface area contributed by atoms with Crippen molar-refractivity contribution in [1.82, 2.24) is 4.90 Å². The van der Waals surface area contributed by atoms with E-state index in [0.29, 0.717) is 24.4 Å². The van der Waals surface area contributed by atoms with Crippen LogP contribution in [0.2, 0.25) is 0 Å². The summed E-state index contributed by atoms with van der Waals surface area (Å²) in [6.45, 7) is 8.66. The zero-order valence-corrected chi connectivity index (χ0v) is 13.9. The van der Waals surface area contributed by atoms with E-state index in [1.807, 2.05) is 0 Å². The fraction of sp³-hybridized carbons (Fsp3) is 0.611. The molecule has 2 fully saturated rings. The van der Waals surface area contributed by atoms with Crippen molar-refractivity contribution in [2.75, 3.05) is 25.0 Å². The van der Waals surface area contributed by atoms with E-state index in [9.17, 15) is 4.79 Å². The third-order valence-corrected chi connectivity index (χ3v) is 5.30. The van der Waals surface area contributed by atoms with Gasteiger partial charge in [0.05, 0.1) is 6.54 Å². The average molecular weight is 301 g/mol. The molecule has 3 unspecified atom stereocenters. The summed E-state index contributed by atoms with van der Waals surface area (Å²) in [6, 6.07) is 4.56. The molecule has 1 aliphatic heterocycles. The van der Waals surface area contributed by atoms with Gasteiger partial charge in [-0.15, -0.1) is 0 Å². The Morgan fingerprint density at radius 1 is 1.23 bits per heavy atom. The van der Waals surface area contributed by atoms with E-state index in [1.54, 1.807) is 0 Å². The van der Waals surface area contributed by atoms with Gasteiger partial charge in [-0.3, -0.25) is 9.69 Å². The van der Waals surface area contributed by atoms with Crippen LogP contribution in [0.5, 0.6) is 0 Å². The van der Waals surface area contributed by atoms with Gasteiger partial charge in [-0.2, -0.15) is 0 Å². The first-order valence-electron chi connectivity index (χ1n) is 8.29. The Bertz CT molecular complexity index is 561. The minimum Gasteiger partial charge on any atom is -0.327 e. The van der Waals surface area contributed by atoms with Crippen molar-refractivity contribution in [3.05, 3.63) is 28.8 Å². The third-order valence-electron chi connectivity index (χ3n) is 5.30. The Morgan fingerprint density at radius 2 is 1.91 bits per heavy atom. The summed E-state index contributed by atoms with van der Waals surface area (Å²) in [4.78, 5) is 14.6. The highest BCUT2D eigenvalue weighted by atomic mass is 16.2. The second-order valence-electron chi connectivity index (χ2n) is 7.18. The van der Waals surface area contributed by atoms with Gasteiger partial charge in [0.25, 0.3) is 0 Å². The zero-order chi connectivity index (χ0) is 15.9. The lowest BCUT2D eigenvalue weighted by atomic mass is 9.98. The van der Waals surface area contributed by atoms with E-state index in [1.165, 1.54) is 12.0 Å². The highest BCUT2D eigenvalue weighted by Gasteiger charge is 2.41. The zero-order valence-electron chi connectivity index (χ0n) is 13.9. The molecule has 0 radical (unpaired) electrons. The number of hydrogen-bond donors (Lipinski definition) is 2. The normalized spacial score (nSPS) is 27.9. The van der Waals surface area contributed by atoms with E-state index < -0.39 is 0 Å². The van der Waals surface area contributed by atoms with Gasteiger partial charge in [0, 0.05) is 24.8 Å². The molecular weight excluding hydrogens is 274 g/mol. The summed E-state index contributed by atoms with van der Waals surface area (Å²) >= 11 is 0. The number of aryl methyl sites for hydroxylation is 3. The number of benzene rings is 1. The molecule has 1 amide bonds. The number of nitrogens with two attached hydrogens (primary N) is 1. The first-order chi connectivity index (χ1) is 10.4. The summed E-state index contributed by atoms with van der Waals surface area (Å²) in [5, 5.41) is 3.10. The van der Waals surface area contributed by atoms with Gasteiger partial charge in [0.2, 0.25) is 5.91 Å². The van der Waals surface area contributed by atoms with Gasteiger partial charge in [-0.25, -0.2) is 0 Å². The van der Waals surface area contributed by atoms with Crippen LogP contribution < -0.4 is 11.1 Å². The van der Waals surface area contributed by atoms with Crippen molar-refractivity contribution in [2.45, 2.75) is 39.7 Å². The Balaban J connectivity index is 1.60. The molecule has 0 spiro atoms. The van der Waals surface area contributed by atoms with Crippen LogP contribution in [0.4, 0.5) is 5.69 Å². The fourth-order valence-corrected chi connectivity index (χ4v) is 4.29. The smallest absolute Gasteiger partial charge is 0.238 e. The maximum atomic E-state index is 12.4. The molecule has 2 aliphatic rings. The quantitative estimate of drug-likeness (QED) is 0.900. The van der Waals surface area contributed by atoms with Crippen LogP contribution >= 0.6 is 0 Å².